The number of carbonyl (C=O) groups is 2. The van der Waals surface area contributed by atoms with E-state index in [2.05, 4.69) is 4.98 Å². The molecule has 1 fully saturated rings. The Morgan fingerprint density at radius 2 is 1.87 bits per heavy atom. The van der Waals surface area contributed by atoms with Crippen LogP contribution in [0.25, 0.3) is 21.8 Å². The Morgan fingerprint density at radius 3 is 2.56 bits per heavy atom. The van der Waals surface area contributed by atoms with Crippen molar-refractivity contribution >= 4 is 44.6 Å². The van der Waals surface area contributed by atoms with Crippen molar-refractivity contribution in [3.05, 3.63) is 88.7 Å². The van der Waals surface area contributed by atoms with Crippen LogP contribution in [0.5, 0.6) is 0 Å². The third-order valence-corrected chi connectivity index (χ3v) is 11.1. The van der Waals surface area contributed by atoms with Gasteiger partial charge >= 0.3 is 0 Å². The molecule has 4 aromatic rings. The van der Waals surface area contributed by atoms with Gasteiger partial charge in [-0.3, -0.25) is 14.8 Å². The monoisotopic (exact) mass is 585 g/mol. The van der Waals surface area contributed by atoms with Gasteiger partial charge in [-0.15, -0.1) is 11.3 Å². The lowest BCUT2D eigenvalue weighted by molar-refractivity contribution is -0.129. The molecule has 0 saturated carbocycles. The van der Waals surface area contributed by atoms with E-state index in [4.69, 9.17) is 16.0 Å². The summed E-state index contributed by atoms with van der Waals surface area (Å²) in [7, 11) is -3.94. The summed E-state index contributed by atoms with van der Waals surface area (Å²) in [5.74, 6) is -0.867. The number of benzene rings is 2. The van der Waals surface area contributed by atoms with Crippen LogP contribution in [0.3, 0.4) is 0 Å². The van der Waals surface area contributed by atoms with Crippen LogP contribution in [0, 0.1) is 0 Å². The predicted molar refractivity (Wildman–Crippen MR) is 147 cm³/mol. The van der Waals surface area contributed by atoms with Crippen LogP contribution in [0.1, 0.15) is 28.1 Å². The predicted octanol–water partition coefficient (Wildman–Crippen LogP) is 4.78. The molecule has 1 unspecified atom stereocenters. The molecule has 2 aromatic heterocycles. The molecular weight excluding hydrogens is 562 g/mol. The average molecular weight is 586 g/mol. The maximum absolute atomic E-state index is 13.8. The Morgan fingerprint density at radius 1 is 1.10 bits per heavy atom. The summed E-state index contributed by atoms with van der Waals surface area (Å²) in [4.78, 5) is 32.3. The molecule has 0 radical (unpaired) electrons. The average Bonchev–Trinajstić information content (AvgIpc) is 3.63. The number of hydrogen-bond donors (Lipinski definition) is 2. The molecule has 2 amide bonds. The van der Waals surface area contributed by atoms with Crippen molar-refractivity contribution in [3.63, 3.8) is 0 Å². The van der Waals surface area contributed by atoms with Gasteiger partial charge in [0.1, 0.15) is 4.75 Å². The van der Waals surface area contributed by atoms with Crippen molar-refractivity contribution in [2.45, 2.75) is 17.6 Å². The molecule has 9 nitrogen and oxygen atoms in total. The minimum atomic E-state index is -3.94. The number of nitrogens with zero attached hydrogens (tertiary/aromatic N) is 2. The lowest BCUT2D eigenvalue weighted by Crippen LogP contribution is -2.41. The first-order chi connectivity index (χ1) is 18.7. The summed E-state index contributed by atoms with van der Waals surface area (Å²) in [6.45, 7) is 0.0693. The molecule has 0 bridgehead atoms. The maximum atomic E-state index is 13.8. The smallest absolute Gasteiger partial charge is 0.253 e. The number of sulfone groups is 1. The number of hydrogen-bond acceptors (Lipinski definition) is 8. The van der Waals surface area contributed by atoms with Gasteiger partial charge in [-0.05, 0) is 42.3 Å². The zero-order valence-corrected chi connectivity index (χ0v) is 22.9. The number of nitrogens with one attached hydrogen (secondary N) is 1. The van der Waals surface area contributed by atoms with E-state index >= 15 is 0 Å². The number of thiophene rings is 1. The van der Waals surface area contributed by atoms with E-state index in [1.165, 1.54) is 28.7 Å². The number of aromatic nitrogens is 1. The Bertz CT molecular complexity index is 1600. The van der Waals surface area contributed by atoms with E-state index in [9.17, 15) is 23.2 Å². The lowest BCUT2D eigenvalue weighted by atomic mass is 9.97. The van der Waals surface area contributed by atoms with Crippen LogP contribution < -0.4 is 5.48 Å². The Balaban J connectivity index is 1.48. The van der Waals surface area contributed by atoms with E-state index in [1.54, 1.807) is 35.9 Å². The second-order valence-corrected chi connectivity index (χ2v) is 13.1. The largest absolute Gasteiger partial charge is 0.444 e. The molecule has 202 valence electrons. The fourth-order valence-electron chi connectivity index (χ4n) is 4.77. The molecule has 2 aromatic carbocycles. The third-order valence-electron chi connectivity index (χ3n) is 6.88. The summed E-state index contributed by atoms with van der Waals surface area (Å²) >= 11 is 7.32. The Hall–Kier alpha value is -3.51. The zero-order valence-electron chi connectivity index (χ0n) is 20.5. The van der Waals surface area contributed by atoms with Gasteiger partial charge < -0.3 is 9.32 Å². The molecule has 3 heterocycles. The van der Waals surface area contributed by atoms with Gasteiger partial charge in [-0.1, -0.05) is 41.9 Å². The molecular formula is C27H24ClN3O6S2. The van der Waals surface area contributed by atoms with E-state index in [0.29, 0.717) is 21.2 Å². The molecule has 0 spiro atoms. The molecule has 5 rings (SSSR count). The van der Waals surface area contributed by atoms with Crippen molar-refractivity contribution < 1.29 is 27.6 Å². The van der Waals surface area contributed by atoms with Crippen molar-refractivity contribution in [1.82, 2.24) is 15.4 Å². The first kappa shape index (κ1) is 27.1. The number of halogens is 1. The third kappa shape index (κ3) is 5.35. The van der Waals surface area contributed by atoms with Gasteiger partial charge in [0.05, 0.1) is 18.4 Å². The number of oxazole rings is 1. The highest BCUT2D eigenvalue weighted by Gasteiger charge is 2.50. The Labute approximate surface area is 233 Å². The van der Waals surface area contributed by atoms with Crippen molar-refractivity contribution in [2.24, 2.45) is 0 Å². The van der Waals surface area contributed by atoms with Crippen LogP contribution in [0.4, 0.5) is 0 Å². The molecule has 1 saturated heterocycles. The van der Waals surface area contributed by atoms with Gasteiger partial charge in [0.25, 0.3) is 5.91 Å². The first-order valence-corrected chi connectivity index (χ1v) is 14.9. The minimum absolute atomic E-state index is 0.0144. The van der Waals surface area contributed by atoms with Gasteiger partial charge in [-0.25, -0.2) is 18.9 Å². The fraction of sp³-hybridized carbons (Fsp3) is 0.222. The van der Waals surface area contributed by atoms with Gasteiger partial charge in [-0.2, -0.15) is 0 Å². The fourth-order valence-corrected chi connectivity index (χ4v) is 8.57. The van der Waals surface area contributed by atoms with E-state index < -0.39 is 26.9 Å². The SMILES string of the molecule is O=C(CC1(c2ccc(-c3ccc(-c4cnco4)cc3)s2)CCN(C(=O)c2cccc(Cl)c2)CCS1(=O)=O)NO. The molecule has 1 aliphatic heterocycles. The van der Waals surface area contributed by atoms with Crippen LogP contribution in [-0.4, -0.2) is 54.2 Å². The van der Waals surface area contributed by atoms with Crippen molar-refractivity contribution in [3.8, 4) is 21.8 Å². The van der Waals surface area contributed by atoms with E-state index in [-0.39, 0.29) is 31.2 Å². The summed E-state index contributed by atoms with van der Waals surface area (Å²) in [5, 5.41) is 9.69. The number of hydroxylamine groups is 1. The number of amides is 2. The topological polar surface area (TPSA) is 130 Å². The van der Waals surface area contributed by atoms with E-state index in [0.717, 1.165) is 16.0 Å². The normalized spacial score (nSPS) is 18.9. The second kappa shape index (κ2) is 10.9. The zero-order chi connectivity index (χ0) is 27.6. The van der Waals surface area contributed by atoms with Crippen LogP contribution in [0.15, 0.2) is 77.7 Å². The number of carbonyl (C=O) groups excluding carboxylic acids is 2. The van der Waals surface area contributed by atoms with Crippen LogP contribution >= 0.6 is 22.9 Å². The van der Waals surface area contributed by atoms with Crippen LogP contribution in [-0.2, 0) is 19.4 Å². The molecule has 12 heteroatoms. The Kier molecular flexibility index (Phi) is 7.59. The van der Waals surface area contributed by atoms with Crippen molar-refractivity contribution in [1.29, 1.82) is 0 Å². The molecule has 1 atom stereocenters. The van der Waals surface area contributed by atoms with Crippen molar-refractivity contribution in [2.75, 3.05) is 18.8 Å². The molecule has 0 aliphatic carbocycles. The standard InChI is InChI=1S/C27H24ClN3O6S2/c28-21-3-1-2-20(14-21)26(33)31-11-10-27(15-25(32)30-34,39(35,36)13-12-31)24-9-8-23(38-24)19-6-4-18(5-7-19)22-16-29-17-37-22/h1-9,14,16-17,34H,10-13,15H2,(H,30,32). The second-order valence-electron chi connectivity index (χ2n) is 9.18. The summed E-state index contributed by atoms with van der Waals surface area (Å²) in [6, 6.07) is 17.6. The first-order valence-electron chi connectivity index (χ1n) is 12.0. The quantitative estimate of drug-likeness (QED) is 0.246. The summed E-state index contributed by atoms with van der Waals surface area (Å²) in [6.07, 6.45) is 2.48. The summed E-state index contributed by atoms with van der Waals surface area (Å²) in [5.41, 5.74) is 3.64. The molecule has 2 N–H and O–H groups in total. The molecule has 39 heavy (non-hydrogen) atoms. The van der Waals surface area contributed by atoms with Crippen LogP contribution in [0.2, 0.25) is 5.02 Å². The lowest BCUT2D eigenvalue weighted by Gasteiger charge is -2.30. The van der Waals surface area contributed by atoms with Gasteiger partial charge in [0.15, 0.2) is 22.0 Å². The van der Waals surface area contributed by atoms with Gasteiger partial charge in [0.2, 0.25) is 5.91 Å². The maximum Gasteiger partial charge on any atom is 0.253 e. The highest BCUT2D eigenvalue weighted by atomic mass is 35.5. The highest BCUT2D eigenvalue weighted by molar-refractivity contribution is 7.92. The molecule has 1 aliphatic rings. The highest BCUT2D eigenvalue weighted by Crippen LogP contribution is 2.45. The number of rotatable bonds is 6. The van der Waals surface area contributed by atoms with Gasteiger partial charge in [0, 0.05) is 39.0 Å². The summed E-state index contributed by atoms with van der Waals surface area (Å²) < 4.78 is 31.4. The van der Waals surface area contributed by atoms with E-state index in [1.807, 2.05) is 30.3 Å². The minimum Gasteiger partial charge on any atom is -0.444 e.